The van der Waals surface area contributed by atoms with Crippen molar-refractivity contribution in [2.75, 3.05) is 6.54 Å². The molecular formula is C16H27N. The molecule has 6 atom stereocenters. The minimum absolute atomic E-state index is 0.957. The maximum Gasteiger partial charge on any atom is 0.0136 e. The fourth-order valence-corrected chi connectivity index (χ4v) is 5.65. The summed E-state index contributed by atoms with van der Waals surface area (Å²) in [6, 6.07) is 0.957. The molecule has 0 aliphatic heterocycles. The van der Waals surface area contributed by atoms with E-state index >= 15 is 0 Å². The minimum atomic E-state index is 0.957. The summed E-state index contributed by atoms with van der Waals surface area (Å²) in [5.41, 5.74) is 0. The fourth-order valence-electron chi connectivity index (χ4n) is 5.65. The summed E-state index contributed by atoms with van der Waals surface area (Å²) in [4.78, 5) is 0. The van der Waals surface area contributed by atoms with Crippen LogP contribution >= 0.6 is 0 Å². The summed E-state index contributed by atoms with van der Waals surface area (Å²) < 4.78 is 0. The third-order valence-corrected chi connectivity index (χ3v) is 6.42. The standard InChI is InChI=1S/C16H27N/c1-10-3-2-4-11(7-10)9-17-16-14-12-5-6-13(8-12)15(14)16/h10-17H,2-9H2,1H3. The number of rotatable bonds is 3. The van der Waals surface area contributed by atoms with Crippen molar-refractivity contribution >= 4 is 0 Å². The van der Waals surface area contributed by atoms with Gasteiger partial charge >= 0.3 is 0 Å². The van der Waals surface area contributed by atoms with Crippen LogP contribution in [0.4, 0.5) is 0 Å². The van der Waals surface area contributed by atoms with Gasteiger partial charge in [-0.2, -0.15) is 0 Å². The Balaban J connectivity index is 1.27. The molecule has 4 rings (SSSR count). The van der Waals surface area contributed by atoms with Crippen molar-refractivity contribution in [1.29, 1.82) is 0 Å². The summed E-state index contributed by atoms with van der Waals surface area (Å²) in [5.74, 6) is 6.49. The number of hydrogen-bond donors (Lipinski definition) is 1. The summed E-state index contributed by atoms with van der Waals surface area (Å²) in [6.07, 6.45) is 10.7. The van der Waals surface area contributed by atoms with Gasteiger partial charge in [0.2, 0.25) is 0 Å². The van der Waals surface area contributed by atoms with E-state index in [1.54, 1.807) is 19.3 Å². The monoisotopic (exact) mass is 233 g/mol. The van der Waals surface area contributed by atoms with Crippen LogP contribution in [0.2, 0.25) is 0 Å². The maximum absolute atomic E-state index is 3.95. The molecule has 0 spiro atoms. The van der Waals surface area contributed by atoms with E-state index in [9.17, 15) is 0 Å². The summed E-state index contributed by atoms with van der Waals surface area (Å²) in [6.45, 7) is 3.78. The lowest BCUT2D eigenvalue weighted by atomic mass is 9.82. The highest BCUT2D eigenvalue weighted by atomic mass is 15.0. The average molecular weight is 233 g/mol. The topological polar surface area (TPSA) is 12.0 Å². The van der Waals surface area contributed by atoms with Crippen molar-refractivity contribution in [3.05, 3.63) is 0 Å². The van der Waals surface area contributed by atoms with E-state index in [-0.39, 0.29) is 0 Å². The molecule has 0 aromatic carbocycles. The number of hydrogen-bond acceptors (Lipinski definition) is 1. The van der Waals surface area contributed by atoms with Gasteiger partial charge in [-0.3, -0.25) is 0 Å². The molecule has 4 saturated carbocycles. The molecular weight excluding hydrogens is 206 g/mol. The van der Waals surface area contributed by atoms with Crippen molar-refractivity contribution in [3.8, 4) is 0 Å². The molecule has 96 valence electrons. The second kappa shape index (κ2) is 3.98. The van der Waals surface area contributed by atoms with Gasteiger partial charge in [-0.25, -0.2) is 0 Å². The zero-order valence-corrected chi connectivity index (χ0v) is 11.2. The molecule has 1 nitrogen and oxygen atoms in total. The Morgan fingerprint density at radius 3 is 2.41 bits per heavy atom. The van der Waals surface area contributed by atoms with E-state index in [1.807, 2.05) is 0 Å². The normalized spacial score (nSPS) is 55.9. The molecule has 1 heteroatoms. The zero-order chi connectivity index (χ0) is 11.4. The van der Waals surface area contributed by atoms with Crippen molar-refractivity contribution in [1.82, 2.24) is 5.32 Å². The third-order valence-electron chi connectivity index (χ3n) is 6.42. The Morgan fingerprint density at radius 2 is 1.71 bits per heavy atom. The summed E-state index contributed by atoms with van der Waals surface area (Å²) in [5, 5.41) is 3.95. The Labute approximate surface area is 106 Å². The lowest BCUT2D eigenvalue weighted by Gasteiger charge is -2.27. The zero-order valence-electron chi connectivity index (χ0n) is 11.2. The molecule has 17 heavy (non-hydrogen) atoms. The second-order valence-corrected chi connectivity index (χ2v) is 7.56. The van der Waals surface area contributed by atoms with Crippen LogP contribution in [-0.4, -0.2) is 12.6 Å². The van der Waals surface area contributed by atoms with Gasteiger partial charge in [-0.15, -0.1) is 0 Å². The molecule has 0 saturated heterocycles. The van der Waals surface area contributed by atoms with E-state index in [2.05, 4.69) is 12.2 Å². The molecule has 0 heterocycles. The van der Waals surface area contributed by atoms with Crippen LogP contribution in [0.15, 0.2) is 0 Å². The van der Waals surface area contributed by atoms with Crippen LogP contribution in [-0.2, 0) is 0 Å². The molecule has 4 aliphatic carbocycles. The lowest BCUT2D eigenvalue weighted by Crippen LogP contribution is -2.31. The Bertz CT molecular complexity index is 284. The maximum atomic E-state index is 3.95. The molecule has 4 aliphatic rings. The number of fused-ring (bicyclic) bond motifs is 5. The predicted octanol–water partition coefficient (Wildman–Crippen LogP) is 3.45. The lowest BCUT2D eigenvalue weighted by molar-refractivity contribution is 0.269. The highest BCUT2D eigenvalue weighted by molar-refractivity contribution is 5.16. The number of nitrogens with one attached hydrogen (secondary N) is 1. The van der Waals surface area contributed by atoms with Crippen molar-refractivity contribution in [3.63, 3.8) is 0 Å². The van der Waals surface area contributed by atoms with Gasteiger partial charge in [0.25, 0.3) is 0 Å². The SMILES string of the molecule is CC1CCCC(CNC2C3C4CCC(C4)C23)C1. The highest BCUT2D eigenvalue weighted by Gasteiger charge is 2.64. The first kappa shape index (κ1) is 10.8. The van der Waals surface area contributed by atoms with Crippen molar-refractivity contribution in [2.24, 2.45) is 35.5 Å². The Hall–Kier alpha value is -0.0400. The minimum Gasteiger partial charge on any atom is -0.313 e. The van der Waals surface area contributed by atoms with Crippen molar-refractivity contribution < 1.29 is 0 Å². The molecule has 6 unspecified atom stereocenters. The largest absolute Gasteiger partial charge is 0.313 e. The van der Waals surface area contributed by atoms with Gasteiger partial charge < -0.3 is 5.32 Å². The Morgan fingerprint density at radius 1 is 0.941 bits per heavy atom. The van der Waals surface area contributed by atoms with Crippen LogP contribution < -0.4 is 5.32 Å². The molecule has 0 amide bonds. The van der Waals surface area contributed by atoms with Crippen LogP contribution in [0.3, 0.4) is 0 Å². The second-order valence-electron chi connectivity index (χ2n) is 7.56. The smallest absolute Gasteiger partial charge is 0.0136 e. The fraction of sp³-hybridized carbons (Fsp3) is 1.00. The van der Waals surface area contributed by atoms with Crippen LogP contribution in [0.5, 0.6) is 0 Å². The van der Waals surface area contributed by atoms with Crippen LogP contribution in [0.1, 0.15) is 51.9 Å². The predicted molar refractivity (Wildman–Crippen MR) is 70.7 cm³/mol. The van der Waals surface area contributed by atoms with Crippen molar-refractivity contribution in [2.45, 2.75) is 57.9 Å². The van der Waals surface area contributed by atoms with E-state index in [0.717, 1.165) is 41.5 Å². The summed E-state index contributed by atoms with van der Waals surface area (Å²) >= 11 is 0. The van der Waals surface area contributed by atoms with E-state index < -0.39 is 0 Å². The van der Waals surface area contributed by atoms with E-state index in [0.29, 0.717) is 0 Å². The highest BCUT2D eigenvalue weighted by Crippen LogP contribution is 2.65. The van der Waals surface area contributed by atoms with Crippen LogP contribution in [0, 0.1) is 35.5 Å². The van der Waals surface area contributed by atoms with Gasteiger partial charge in [-0.1, -0.05) is 19.8 Å². The molecule has 0 radical (unpaired) electrons. The first-order chi connectivity index (χ1) is 8.33. The molecule has 1 N–H and O–H groups in total. The first-order valence-electron chi connectivity index (χ1n) is 8.06. The quantitative estimate of drug-likeness (QED) is 0.787. The summed E-state index contributed by atoms with van der Waals surface area (Å²) in [7, 11) is 0. The van der Waals surface area contributed by atoms with Gasteiger partial charge in [0.15, 0.2) is 0 Å². The molecule has 4 fully saturated rings. The molecule has 0 aromatic rings. The van der Waals surface area contributed by atoms with Gasteiger partial charge in [-0.05, 0) is 74.2 Å². The third kappa shape index (κ3) is 1.77. The van der Waals surface area contributed by atoms with Crippen LogP contribution in [0.25, 0.3) is 0 Å². The van der Waals surface area contributed by atoms with E-state index in [1.165, 1.54) is 32.2 Å². The average Bonchev–Trinajstić information content (AvgIpc) is 2.72. The van der Waals surface area contributed by atoms with Gasteiger partial charge in [0.05, 0.1) is 0 Å². The van der Waals surface area contributed by atoms with Gasteiger partial charge in [0, 0.05) is 6.04 Å². The van der Waals surface area contributed by atoms with Gasteiger partial charge in [0.1, 0.15) is 0 Å². The molecule has 2 bridgehead atoms. The first-order valence-corrected chi connectivity index (χ1v) is 8.06. The molecule has 0 aromatic heterocycles. The van der Waals surface area contributed by atoms with E-state index in [4.69, 9.17) is 0 Å². The Kier molecular flexibility index (Phi) is 2.54.